The van der Waals surface area contributed by atoms with Gasteiger partial charge in [0.1, 0.15) is 0 Å². The van der Waals surface area contributed by atoms with Crippen LogP contribution in [-0.4, -0.2) is 49.3 Å². The van der Waals surface area contributed by atoms with E-state index in [9.17, 15) is 18.0 Å². The van der Waals surface area contributed by atoms with Crippen molar-refractivity contribution in [1.29, 1.82) is 0 Å². The molecule has 7 heteroatoms. The fourth-order valence-electron chi connectivity index (χ4n) is 2.66. The molecule has 0 radical (unpaired) electrons. The molecule has 1 aliphatic rings. The second-order valence-corrected chi connectivity index (χ2v) is 5.77. The van der Waals surface area contributed by atoms with Gasteiger partial charge in [0.2, 0.25) is 5.91 Å². The van der Waals surface area contributed by atoms with Crippen molar-refractivity contribution in [2.75, 3.05) is 32.1 Å². The van der Waals surface area contributed by atoms with E-state index < -0.39 is 11.8 Å². The topological polar surface area (TPSA) is 41.6 Å². The van der Waals surface area contributed by atoms with Crippen LogP contribution in [0.25, 0.3) is 0 Å². The van der Waals surface area contributed by atoms with Gasteiger partial charge in [0.25, 0.3) is 0 Å². The van der Waals surface area contributed by atoms with Gasteiger partial charge in [-0.25, -0.2) is 0 Å². The molecule has 2 rings (SSSR count). The van der Waals surface area contributed by atoms with E-state index in [1.54, 1.807) is 0 Å². The SMILES string of the molecule is COC1(C(F)(F)F)CN(CC(=O)Nc2cc(C)cc(C)c2)C1. The summed E-state index contributed by atoms with van der Waals surface area (Å²) in [5.74, 6) is -0.336. The van der Waals surface area contributed by atoms with Gasteiger partial charge in [-0.1, -0.05) is 6.07 Å². The number of hydrogen-bond acceptors (Lipinski definition) is 3. The number of ether oxygens (including phenoxy) is 1. The zero-order valence-electron chi connectivity index (χ0n) is 12.8. The van der Waals surface area contributed by atoms with E-state index in [1.807, 2.05) is 32.0 Å². The number of aryl methyl sites for hydroxylation is 2. The van der Waals surface area contributed by atoms with E-state index in [1.165, 1.54) is 4.90 Å². The number of methoxy groups -OCH3 is 1. The molecule has 1 saturated heterocycles. The Kier molecular flexibility index (Phi) is 4.49. The number of carbonyl (C=O) groups excluding carboxylic acids is 1. The summed E-state index contributed by atoms with van der Waals surface area (Å²) < 4.78 is 43.2. The number of hydrogen-bond donors (Lipinski definition) is 1. The quantitative estimate of drug-likeness (QED) is 0.928. The van der Waals surface area contributed by atoms with Crippen LogP contribution in [0.4, 0.5) is 18.9 Å². The molecule has 1 amide bonds. The Balaban J connectivity index is 1.90. The van der Waals surface area contributed by atoms with Gasteiger partial charge in [-0.2, -0.15) is 13.2 Å². The standard InChI is InChI=1S/C15H19F3N2O2/c1-10-4-11(2)6-12(5-10)19-13(21)7-20-8-14(9-20,22-3)15(16,17)18/h4-6H,7-9H2,1-3H3,(H,19,21). The van der Waals surface area contributed by atoms with Crippen LogP contribution in [0.15, 0.2) is 18.2 Å². The van der Waals surface area contributed by atoms with Gasteiger partial charge in [0.05, 0.1) is 6.54 Å². The van der Waals surface area contributed by atoms with Crippen molar-refractivity contribution in [3.05, 3.63) is 29.3 Å². The maximum Gasteiger partial charge on any atom is 0.419 e. The minimum Gasteiger partial charge on any atom is -0.366 e. The first-order chi connectivity index (χ1) is 10.1. The molecule has 0 atom stereocenters. The summed E-state index contributed by atoms with van der Waals surface area (Å²) in [6.45, 7) is 3.08. The highest BCUT2D eigenvalue weighted by atomic mass is 19.4. The Morgan fingerprint density at radius 2 is 1.82 bits per heavy atom. The van der Waals surface area contributed by atoms with Gasteiger partial charge < -0.3 is 10.1 Å². The number of nitrogens with one attached hydrogen (secondary N) is 1. The molecule has 0 bridgehead atoms. The molecule has 0 aliphatic carbocycles. The molecule has 0 aromatic heterocycles. The zero-order chi connectivity index (χ0) is 16.5. The highest BCUT2D eigenvalue weighted by Gasteiger charge is 2.62. The summed E-state index contributed by atoms with van der Waals surface area (Å²) in [5.41, 5.74) is 0.522. The number of halogens is 3. The van der Waals surface area contributed by atoms with Crippen molar-refractivity contribution in [3.8, 4) is 0 Å². The lowest BCUT2D eigenvalue weighted by atomic mass is 9.93. The van der Waals surface area contributed by atoms with E-state index in [0.29, 0.717) is 5.69 Å². The van der Waals surface area contributed by atoms with Gasteiger partial charge in [0.15, 0.2) is 5.60 Å². The predicted molar refractivity (Wildman–Crippen MR) is 76.8 cm³/mol. The average Bonchev–Trinajstić information content (AvgIpc) is 2.29. The monoisotopic (exact) mass is 316 g/mol. The third kappa shape index (κ3) is 3.41. The van der Waals surface area contributed by atoms with Crippen LogP contribution in [-0.2, 0) is 9.53 Å². The van der Waals surface area contributed by atoms with Crippen LogP contribution in [0.5, 0.6) is 0 Å². The lowest BCUT2D eigenvalue weighted by Crippen LogP contribution is -2.70. The number of carbonyl (C=O) groups is 1. The molecule has 0 saturated carbocycles. The molecule has 1 aromatic rings. The number of likely N-dealkylation sites (tertiary alicyclic amines) is 1. The molecule has 1 fully saturated rings. The summed E-state index contributed by atoms with van der Waals surface area (Å²) in [4.78, 5) is 13.3. The van der Waals surface area contributed by atoms with Crippen LogP contribution < -0.4 is 5.32 Å². The first-order valence-electron chi connectivity index (χ1n) is 6.87. The third-order valence-corrected chi connectivity index (χ3v) is 3.74. The molecule has 0 unspecified atom stereocenters. The number of amides is 1. The summed E-state index contributed by atoms with van der Waals surface area (Å²) in [5, 5.41) is 2.70. The number of alkyl halides is 3. The van der Waals surface area contributed by atoms with E-state index in [2.05, 4.69) is 10.1 Å². The minimum absolute atomic E-state index is 0.0891. The van der Waals surface area contributed by atoms with Crippen molar-refractivity contribution in [2.24, 2.45) is 0 Å². The molecule has 1 aromatic carbocycles. The van der Waals surface area contributed by atoms with Crippen molar-refractivity contribution < 1.29 is 22.7 Å². The molecule has 122 valence electrons. The molecule has 1 N–H and O–H groups in total. The Morgan fingerprint density at radius 3 is 2.27 bits per heavy atom. The fraction of sp³-hybridized carbons (Fsp3) is 0.533. The Labute approximate surface area is 127 Å². The van der Waals surface area contributed by atoms with E-state index in [0.717, 1.165) is 18.2 Å². The van der Waals surface area contributed by atoms with Gasteiger partial charge in [-0.15, -0.1) is 0 Å². The Hall–Kier alpha value is -1.60. The van der Waals surface area contributed by atoms with Crippen molar-refractivity contribution in [3.63, 3.8) is 0 Å². The summed E-state index contributed by atoms with van der Waals surface area (Å²) in [6.07, 6.45) is -4.43. The predicted octanol–water partition coefficient (Wildman–Crippen LogP) is 2.51. The van der Waals surface area contributed by atoms with Crippen molar-refractivity contribution >= 4 is 11.6 Å². The normalized spacial score (nSPS) is 17.9. The molecular weight excluding hydrogens is 297 g/mol. The number of anilines is 1. The fourth-order valence-corrected chi connectivity index (χ4v) is 2.66. The Bertz CT molecular complexity index is 546. The number of rotatable bonds is 4. The molecule has 4 nitrogen and oxygen atoms in total. The lowest BCUT2D eigenvalue weighted by molar-refractivity contribution is -0.309. The molecule has 1 aliphatic heterocycles. The second kappa shape index (κ2) is 5.89. The number of benzene rings is 1. The smallest absolute Gasteiger partial charge is 0.366 e. The first-order valence-corrected chi connectivity index (χ1v) is 6.87. The van der Waals surface area contributed by atoms with E-state index in [-0.39, 0.29) is 25.5 Å². The maximum absolute atomic E-state index is 12.9. The van der Waals surface area contributed by atoms with Crippen LogP contribution in [0.1, 0.15) is 11.1 Å². The first kappa shape index (κ1) is 16.8. The summed E-state index contributed by atoms with van der Waals surface area (Å²) in [6, 6.07) is 5.60. The highest BCUT2D eigenvalue weighted by molar-refractivity contribution is 5.92. The maximum atomic E-state index is 12.9. The third-order valence-electron chi connectivity index (χ3n) is 3.74. The average molecular weight is 316 g/mol. The van der Waals surface area contributed by atoms with Gasteiger partial charge in [0, 0.05) is 25.9 Å². The molecule has 22 heavy (non-hydrogen) atoms. The lowest BCUT2D eigenvalue weighted by Gasteiger charge is -2.49. The van der Waals surface area contributed by atoms with E-state index in [4.69, 9.17) is 0 Å². The minimum atomic E-state index is -4.43. The van der Waals surface area contributed by atoms with Crippen molar-refractivity contribution in [2.45, 2.75) is 25.6 Å². The van der Waals surface area contributed by atoms with Crippen LogP contribution in [0.2, 0.25) is 0 Å². The second-order valence-electron chi connectivity index (χ2n) is 5.77. The summed E-state index contributed by atoms with van der Waals surface area (Å²) >= 11 is 0. The van der Waals surface area contributed by atoms with Gasteiger partial charge in [-0.3, -0.25) is 9.69 Å². The van der Waals surface area contributed by atoms with Gasteiger partial charge in [-0.05, 0) is 37.1 Å². The Morgan fingerprint density at radius 1 is 1.27 bits per heavy atom. The van der Waals surface area contributed by atoms with Crippen LogP contribution in [0, 0.1) is 13.8 Å². The van der Waals surface area contributed by atoms with Crippen molar-refractivity contribution in [1.82, 2.24) is 4.90 Å². The molecular formula is C15H19F3N2O2. The largest absolute Gasteiger partial charge is 0.419 e. The molecule has 0 spiro atoms. The summed E-state index contributed by atoms with van der Waals surface area (Å²) in [7, 11) is 1.04. The number of nitrogens with zero attached hydrogens (tertiary/aromatic N) is 1. The highest BCUT2D eigenvalue weighted by Crippen LogP contribution is 2.40. The van der Waals surface area contributed by atoms with Crippen LogP contribution in [0.3, 0.4) is 0 Å². The molecule has 1 heterocycles. The zero-order valence-corrected chi connectivity index (χ0v) is 12.8. The van der Waals surface area contributed by atoms with Crippen LogP contribution >= 0.6 is 0 Å². The van der Waals surface area contributed by atoms with Gasteiger partial charge >= 0.3 is 6.18 Å². The van der Waals surface area contributed by atoms with E-state index >= 15 is 0 Å².